The molecule has 4 radical (unpaired) electrons. The maximum atomic E-state index is 11.0. The second-order valence-electron chi connectivity index (χ2n) is 3.03. The Balaban J connectivity index is 0. The zero-order chi connectivity index (χ0) is 11.0. The van der Waals surface area contributed by atoms with Crippen molar-refractivity contribution < 1.29 is 24.6 Å². The standard InChI is InChI=1S/C9H14O5.Pb/c10-7(3-1-5-8(11)12)4-2-6-9(13)14;/h1-6H2,(H,11,12)(H,13,14);. The van der Waals surface area contributed by atoms with Crippen molar-refractivity contribution in [2.45, 2.75) is 38.5 Å². The molecule has 0 aromatic carbocycles. The van der Waals surface area contributed by atoms with Crippen LogP contribution in [0, 0.1) is 0 Å². The number of carboxylic acids is 2. The van der Waals surface area contributed by atoms with Crippen LogP contribution in [0.15, 0.2) is 0 Å². The number of carbonyl (C=O) groups excluding carboxylic acids is 1. The summed E-state index contributed by atoms with van der Waals surface area (Å²) in [6.07, 6.45) is 1.11. The summed E-state index contributed by atoms with van der Waals surface area (Å²) in [4.78, 5) is 31.2. The molecule has 0 aliphatic rings. The van der Waals surface area contributed by atoms with E-state index >= 15 is 0 Å². The predicted octanol–water partition coefficient (Wildman–Crippen LogP) is 0.685. The van der Waals surface area contributed by atoms with E-state index in [-0.39, 0.29) is 58.8 Å². The van der Waals surface area contributed by atoms with E-state index < -0.39 is 11.9 Å². The third-order valence-electron chi connectivity index (χ3n) is 1.69. The third kappa shape index (κ3) is 13.5. The summed E-state index contributed by atoms with van der Waals surface area (Å²) in [6, 6.07) is 0. The zero-order valence-electron chi connectivity index (χ0n) is 8.36. The van der Waals surface area contributed by atoms with Gasteiger partial charge in [0.2, 0.25) is 0 Å². The van der Waals surface area contributed by atoms with Gasteiger partial charge in [-0.1, -0.05) is 0 Å². The van der Waals surface area contributed by atoms with Gasteiger partial charge in [0.25, 0.3) is 0 Å². The molecule has 0 spiro atoms. The molecule has 0 bridgehead atoms. The molecule has 0 amide bonds. The summed E-state index contributed by atoms with van der Waals surface area (Å²) in [5.41, 5.74) is 0. The van der Waals surface area contributed by atoms with Gasteiger partial charge in [-0.25, -0.2) is 0 Å². The van der Waals surface area contributed by atoms with E-state index in [0.717, 1.165) is 0 Å². The summed E-state index contributed by atoms with van der Waals surface area (Å²) >= 11 is 0. The average molecular weight is 409 g/mol. The minimum atomic E-state index is -0.914. The quantitative estimate of drug-likeness (QED) is 0.576. The number of carboxylic acid groups (broad SMARTS) is 2. The number of aliphatic carboxylic acids is 2. The van der Waals surface area contributed by atoms with Gasteiger partial charge < -0.3 is 10.2 Å². The smallest absolute Gasteiger partial charge is 0.303 e. The summed E-state index contributed by atoms with van der Waals surface area (Å²) in [6.45, 7) is 0. The summed E-state index contributed by atoms with van der Waals surface area (Å²) in [5, 5.41) is 16.6. The molecule has 0 aliphatic heterocycles. The van der Waals surface area contributed by atoms with Gasteiger partial charge in [-0.2, -0.15) is 0 Å². The van der Waals surface area contributed by atoms with E-state index in [0.29, 0.717) is 12.8 Å². The summed E-state index contributed by atoms with van der Waals surface area (Å²) in [5.74, 6) is -1.89. The van der Waals surface area contributed by atoms with Crippen molar-refractivity contribution >= 4 is 45.0 Å². The Morgan fingerprint density at radius 1 is 0.733 bits per heavy atom. The molecule has 6 heteroatoms. The van der Waals surface area contributed by atoms with Crippen molar-refractivity contribution in [3.8, 4) is 0 Å². The van der Waals surface area contributed by atoms with Crippen molar-refractivity contribution in [2.24, 2.45) is 0 Å². The van der Waals surface area contributed by atoms with Gasteiger partial charge >= 0.3 is 11.9 Å². The topological polar surface area (TPSA) is 91.7 Å². The van der Waals surface area contributed by atoms with Crippen LogP contribution in [0.4, 0.5) is 0 Å². The summed E-state index contributed by atoms with van der Waals surface area (Å²) in [7, 11) is 0. The fourth-order valence-electron chi connectivity index (χ4n) is 0.999. The number of rotatable bonds is 8. The van der Waals surface area contributed by atoms with Crippen LogP contribution < -0.4 is 0 Å². The summed E-state index contributed by atoms with van der Waals surface area (Å²) < 4.78 is 0. The Kier molecular flexibility index (Phi) is 11.4. The zero-order valence-corrected chi connectivity index (χ0v) is 12.2. The number of hydrogen-bond acceptors (Lipinski definition) is 3. The van der Waals surface area contributed by atoms with Crippen LogP contribution in [-0.4, -0.2) is 55.2 Å². The molecule has 0 aromatic heterocycles. The van der Waals surface area contributed by atoms with Gasteiger partial charge in [0.1, 0.15) is 5.78 Å². The van der Waals surface area contributed by atoms with Crippen LogP contribution in [0.25, 0.3) is 0 Å². The molecule has 0 saturated heterocycles. The number of hydrogen-bond donors (Lipinski definition) is 2. The van der Waals surface area contributed by atoms with Crippen molar-refractivity contribution in [1.82, 2.24) is 0 Å². The molecule has 0 saturated carbocycles. The second-order valence-corrected chi connectivity index (χ2v) is 3.03. The first-order valence-electron chi connectivity index (χ1n) is 4.47. The van der Waals surface area contributed by atoms with Gasteiger partial charge in [0, 0.05) is 53.0 Å². The van der Waals surface area contributed by atoms with Gasteiger partial charge in [0.05, 0.1) is 0 Å². The largest absolute Gasteiger partial charge is 0.481 e. The van der Waals surface area contributed by atoms with Gasteiger partial charge in [-0.05, 0) is 12.8 Å². The van der Waals surface area contributed by atoms with E-state index in [1.165, 1.54) is 0 Å². The Morgan fingerprint density at radius 2 is 1.07 bits per heavy atom. The molecule has 5 nitrogen and oxygen atoms in total. The maximum absolute atomic E-state index is 11.0. The molecule has 15 heavy (non-hydrogen) atoms. The molecule has 2 N–H and O–H groups in total. The van der Waals surface area contributed by atoms with Crippen LogP contribution >= 0.6 is 0 Å². The van der Waals surface area contributed by atoms with E-state index in [4.69, 9.17) is 10.2 Å². The predicted molar refractivity (Wildman–Crippen MR) is 53.7 cm³/mol. The Labute approximate surface area is 108 Å². The van der Waals surface area contributed by atoms with Crippen LogP contribution in [0.3, 0.4) is 0 Å². The molecule has 0 unspecified atom stereocenters. The van der Waals surface area contributed by atoms with Crippen LogP contribution in [0.5, 0.6) is 0 Å². The first-order chi connectivity index (χ1) is 6.52. The molecular formula is C9H14O5Pb. The molecule has 0 atom stereocenters. The van der Waals surface area contributed by atoms with Gasteiger partial charge in [0.15, 0.2) is 0 Å². The molecule has 84 valence electrons. The first-order valence-corrected chi connectivity index (χ1v) is 4.47. The van der Waals surface area contributed by atoms with Crippen LogP contribution in [-0.2, 0) is 14.4 Å². The number of carbonyl (C=O) groups is 3. The van der Waals surface area contributed by atoms with Gasteiger partial charge in [-0.3, -0.25) is 14.4 Å². The number of ketones is 1. The average Bonchev–Trinajstić information content (AvgIpc) is 2.02. The van der Waals surface area contributed by atoms with E-state index in [2.05, 4.69) is 0 Å². The van der Waals surface area contributed by atoms with E-state index in [1.54, 1.807) is 0 Å². The van der Waals surface area contributed by atoms with E-state index in [1.807, 2.05) is 0 Å². The monoisotopic (exact) mass is 410 g/mol. The third-order valence-corrected chi connectivity index (χ3v) is 1.69. The van der Waals surface area contributed by atoms with Crippen LogP contribution in [0.2, 0.25) is 0 Å². The second kappa shape index (κ2) is 10.1. The molecule has 0 heterocycles. The maximum Gasteiger partial charge on any atom is 0.303 e. The first kappa shape index (κ1) is 16.9. The van der Waals surface area contributed by atoms with Crippen molar-refractivity contribution in [1.29, 1.82) is 0 Å². The normalized spacial score (nSPS) is 9.07. The Hall–Kier alpha value is -0.468. The fourth-order valence-corrected chi connectivity index (χ4v) is 0.999. The molecule has 0 aromatic rings. The molecule has 0 aliphatic carbocycles. The molecule has 0 fully saturated rings. The van der Waals surface area contributed by atoms with Crippen LogP contribution in [0.1, 0.15) is 38.5 Å². The van der Waals surface area contributed by atoms with Crippen molar-refractivity contribution in [2.75, 3.05) is 0 Å². The minimum absolute atomic E-state index is 0. The van der Waals surface area contributed by atoms with Crippen molar-refractivity contribution in [3.63, 3.8) is 0 Å². The van der Waals surface area contributed by atoms with Crippen molar-refractivity contribution in [3.05, 3.63) is 0 Å². The Bertz CT molecular complexity index is 205. The number of Topliss-reactive ketones (excluding diaryl/α,β-unsaturated/α-hetero) is 1. The molecular weight excluding hydrogens is 395 g/mol. The fraction of sp³-hybridized carbons (Fsp3) is 0.667. The SMILES string of the molecule is O=C(O)CCCC(=O)CCCC(=O)O.[Pb]. The Morgan fingerprint density at radius 3 is 1.33 bits per heavy atom. The molecule has 0 rings (SSSR count). The van der Waals surface area contributed by atoms with E-state index in [9.17, 15) is 14.4 Å². The minimum Gasteiger partial charge on any atom is -0.481 e. The van der Waals surface area contributed by atoms with Gasteiger partial charge in [-0.15, -0.1) is 0 Å².